The molecule has 0 aliphatic rings. The molecule has 7 heavy (non-hydrogen) atoms. The highest BCUT2D eigenvalue weighted by Gasteiger charge is 2.05. The molecule has 0 saturated heterocycles. The molecule has 0 bridgehead atoms. The van der Waals surface area contributed by atoms with E-state index in [2.05, 4.69) is 20.8 Å². The molecular weight excluding hydrogens is 360 g/mol. The van der Waals surface area contributed by atoms with Gasteiger partial charge in [-0.1, -0.05) is 36.6 Å². The summed E-state index contributed by atoms with van der Waals surface area (Å²) in [6, 6.07) is 0. The van der Waals surface area contributed by atoms with Crippen molar-refractivity contribution in [3.05, 3.63) is 0 Å². The summed E-state index contributed by atoms with van der Waals surface area (Å²) in [4.78, 5) is 0. The minimum atomic E-state index is -0.171. The fraction of sp³-hybridized carbons (Fsp3) is 1.00. The van der Waals surface area contributed by atoms with Gasteiger partial charge in [-0.3, -0.25) is 0 Å². The zero-order valence-corrected chi connectivity index (χ0v) is 6.85. The smallest absolute Gasteiger partial charge is 0.0967 e. The number of hydrogen-bond donors (Lipinski definition) is 0. The molecule has 0 nitrogen and oxygen atoms in total. The average molecular weight is 375 g/mol. The van der Waals surface area contributed by atoms with E-state index in [1.807, 2.05) is 0 Å². The molecule has 0 unspecified atom stereocenters. The Bertz CT molecular complexity index is 25.7. The second kappa shape index (κ2) is 4.69. The predicted octanol–water partition coefficient (Wildman–Crippen LogP) is 2.54. The van der Waals surface area contributed by atoms with E-state index in [1.165, 1.54) is 15.8 Å². The Morgan fingerprint density at radius 1 is 0.857 bits per heavy atom. The van der Waals surface area contributed by atoms with Crippen LogP contribution in [0, 0.1) is 0 Å². The third-order valence-electron chi connectivity index (χ3n) is 1.73. The first-order chi connectivity index (χ1) is 3.35. The molecule has 0 atom stereocenters. The first kappa shape index (κ1) is 7.53. The first-order valence-corrected chi connectivity index (χ1v) is 5.80. The molecule has 0 aliphatic carbocycles. The van der Waals surface area contributed by atoms with Crippen molar-refractivity contribution in [1.29, 1.82) is 0 Å². The molecule has 0 aromatic heterocycles. The second-order valence-corrected chi connectivity index (χ2v) is 6.27. The lowest BCUT2D eigenvalue weighted by Gasteiger charge is -1.97. The molecule has 0 radical (unpaired) electrons. The van der Waals surface area contributed by atoms with Crippen LogP contribution >= 0.6 is 0 Å². The van der Waals surface area contributed by atoms with E-state index in [0.29, 0.717) is 0 Å². The normalized spacial score (nSPS) is 9.00. The van der Waals surface area contributed by atoms with Gasteiger partial charge < -0.3 is 0 Å². The van der Waals surface area contributed by atoms with Crippen LogP contribution in [0.3, 0.4) is 0 Å². The van der Waals surface area contributed by atoms with Gasteiger partial charge in [-0.2, -0.15) is 0 Å². The number of rotatable bonds is 3. The highest BCUT2D eigenvalue weighted by molar-refractivity contribution is 6.58. The third-order valence-corrected chi connectivity index (χ3v) is 5.20. The van der Waals surface area contributed by atoms with Crippen molar-refractivity contribution in [3.63, 3.8) is 0 Å². The van der Waals surface area contributed by atoms with Crippen molar-refractivity contribution in [2.24, 2.45) is 0 Å². The van der Waals surface area contributed by atoms with Crippen molar-refractivity contribution < 1.29 is 0 Å². The first-order valence-electron chi connectivity index (χ1n) is 3.35. The Morgan fingerprint density at radius 3 is 1.14 bits per heavy atom. The van der Waals surface area contributed by atoms with E-state index >= 15 is 0 Å². The van der Waals surface area contributed by atoms with Gasteiger partial charge in [0.05, 0.1) is 0 Å². The fourth-order valence-electron chi connectivity index (χ4n) is 0.866. The van der Waals surface area contributed by atoms with E-state index in [0.717, 1.165) is 0 Å². The highest BCUT2D eigenvalue weighted by Crippen LogP contribution is 2.01. The lowest BCUT2D eigenvalue weighted by Crippen LogP contribution is -2.04. The van der Waals surface area contributed by atoms with Gasteiger partial charge in [-0.25, -0.2) is 0 Å². The van der Waals surface area contributed by atoms with Crippen LogP contribution in [0.2, 0.25) is 15.8 Å². The van der Waals surface area contributed by atoms with Crippen LogP contribution in [0.25, 0.3) is 0 Å². The van der Waals surface area contributed by atoms with Gasteiger partial charge in [0, 0.05) is 0 Å². The quantitative estimate of drug-likeness (QED) is 0.666. The van der Waals surface area contributed by atoms with Crippen LogP contribution in [-0.4, -0.2) is 14.1 Å². The fourth-order valence-corrected chi connectivity index (χ4v) is 2.60. The summed E-state index contributed by atoms with van der Waals surface area (Å²) in [5.41, 5.74) is 0. The molecule has 0 aromatic carbocycles. The summed E-state index contributed by atoms with van der Waals surface area (Å²) in [5.74, 6) is 0. The van der Waals surface area contributed by atoms with E-state index in [-0.39, 0.29) is 14.1 Å². The molecule has 42 valence electrons. The minimum absolute atomic E-state index is 0.171. The van der Waals surface area contributed by atoms with Gasteiger partial charge in [-0.05, 0) is 0 Å². The van der Waals surface area contributed by atoms with E-state index in [4.69, 9.17) is 0 Å². The van der Waals surface area contributed by atoms with Crippen LogP contribution in [0.15, 0.2) is 0 Å². The molecule has 0 fully saturated rings. The maximum Gasteiger partial charge on any atom is 0.261 e. The molecule has 0 saturated carbocycles. The summed E-state index contributed by atoms with van der Waals surface area (Å²) >= 11 is -0.171. The van der Waals surface area contributed by atoms with E-state index in [9.17, 15) is 0 Å². The summed E-state index contributed by atoms with van der Waals surface area (Å²) in [6.45, 7) is 6.97. The summed E-state index contributed by atoms with van der Waals surface area (Å²) in [7, 11) is 0. The molecule has 0 heterocycles. The van der Waals surface area contributed by atoms with Gasteiger partial charge in [0.2, 0.25) is 0 Å². The lowest BCUT2D eigenvalue weighted by atomic mass is 11.0. The lowest BCUT2D eigenvalue weighted by molar-refractivity contribution is 1.24. The Morgan fingerprint density at radius 2 is 1.14 bits per heavy atom. The monoisotopic (exact) mass is 375 g/mol. The standard InChI is InChI=1S/3C2H5.Al/c3*1-2;/h3*1H2,2H3;/i;;;1-5. The minimum Gasteiger partial charge on any atom is -0.0967 e. The molecule has 0 aliphatic heterocycles. The molecule has 0 spiro atoms. The van der Waals surface area contributed by atoms with Crippen LogP contribution in [-0.2, 0) is 0 Å². The van der Waals surface area contributed by atoms with Gasteiger partial charge >= 0.3 is 0 Å². The van der Waals surface area contributed by atoms with Crippen molar-refractivity contribution >= 4 is 14.1 Å². The summed E-state index contributed by atoms with van der Waals surface area (Å²) in [5, 5.41) is 4.48. The zero-order chi connectivity index (χ0) is 5.70. The zero-order valence-electron chi connectivity index (χ0n) is 5.70. The van der Waals surface area contributed by atoms with Gasteiger partial charge in [0.15, 0.2) is 0 Å². The van der Waals surface area contributed by atoms with Crippen molar-refractivity contribution in [2.75, 3.05) is 0 Å². The Labute approximate surface area is 51.3 Å². The summed E-state index contributed by atoms with van der Waals surface area (Å²) < 4.78 is 0. The van der Waals surface area contributed by atoms with Crippen LogP contribution in [0.1, 0.15) is 20.8 Å². The third kappa shape index (κ3) is 3.14. The van der Waals surface area contributed by atoms with Crippen LogP contribution in [0.5, 0.6) is 0 Å². The maximum absolute atomic E-state index is 2.32. The SMILES string of the molecule is C[CH2][288Al]([CH2]C)[CH2]C. The van der Waals surface area contributed by atoms with Gasteiger partial charge in [0.25, 0.3) is 14.1 Å². The molecule has 0 amide bonds. The second-order valence-electron chi connectivity index (χ2n) is 2.09. The molecular formula is C6H15Al. The van der Waals surface area contributed by atoms with E-state index < -0.39 is 0 Å². The molecule has 0 aromatic rings. The van der Waals surface area contributed by atoms with Gasteiger partial charge in [-0.15, -0.1) is 0 Å². The van der Waals surface area contributed by atoms with Crippen molar-refractivity contribution in [1.82, 2.24) is 0 Å². The summed E-state index contributed by atoms with van der Waals surface area (Å²) in [6.07, 6.45) is 0. The Balaban J connectivity index is 2.99. The van der Waals surface area contributed by atoms with Crippen molar-refractivity contribution in [3.8, 4) is 0 Å². The highest BCUT2D eigenvalue weighted by atomic mass is 288. The largest absolute Gasteiger partial charge is 0.261 e. The van der Waals surface area contributed by atoms with E-state index in [1.54, 1.807) is 0 Å². The molecule has 0 N–H and O–H groups in total. The predicted molar refractivity (Wildman–Crippen MR) is 37.2 cm³/mol. The topological polar surface area (TPSA) is 0 Å². The van der Waals surface area contributed by atoms with Gasteiger partial charge in [0.1, 0.15) is 0 Å². The molecule has 1 heteroatoms. The van der Waals surface area contributed by atoms with Crippen LogP contribution in [0.4, 0.5) is 0 Å². The Kier molecular flexibility index (Phi) is 5.04. The number of hydrogen-bond acceptors (Lipinski definition) is 0. The van der Waals surface area contributed by atoms with Crippen molar-refractivity contribution in [2.45, 2.75) is 36.6 Å². The maximum atomic E-state index is 2.32. The molecule has 0 rings (SSSR count). The Hall–Kier alpha value is 0.532. The average Bonchev–Trinajstić information content (AvgIpc) is 1.72. The van der Waals surface area contributed by atoms with Crippen LogP contribution < -0.4 is 0 Å².